The molecular formula is C31H25N3S. The van der Waals surface area contributed by atoms with E-state index in [9.17, 15) is 0 Å². The molecule has 3 aromatic heterocycles. The molecule has 35 heavy (non-hydrogen) atoms. The van der Waals surface area contributed by atoms with Crippen LogP contribution in [0.15, 0.2) is 116 Å². The van der Waals surface area contributed by atoms with Crippen LogP contribution in [-0.4, -0.2) is 9.97 Å². The number of rotatable bonds is 5. The molecule has 0 unspecified atom stereocenters. The highest BCUT2D eigenvalue weighted by Gasteiger charge is 2.25. The number of pyridine rings is 2. The normalized spacial score (nSPS) is 11.7. The minimum Gasteiger partial charge on any atom is -0.295 e. The smallest absolute Gasteiger partial charge is 0.137 e. The maximum atomic E-state index is 4.66. The van der Waals surface area contributed by atoms with Crippen molar-refractivity contribution in [3.8, 4) is 0 Å². The van der Waals surface area contributed by atoms with Gasteiger partial charge in [0, 0.05) is 49.4 Å². The second-order valence-corrected chi connectivity index (χ2v) is 10.3. The van der Waals surface area contributed by atoms with E-state index in [0.29, 0.717) is 0 Å². The fourth-order valence-corrected chi connectivity index (χ4v) is 5.72. The molecule has 0 aliphatic carbocycles. The van der Waals surface area contributed by atoms with Crippen LogP contribution >= 0.6 is 11.3 Å². The summed E-state index contributed by atoms with van der Waals surface area (Å²) in [5.41, 5.74) is 4.33. The van der Waals surface area contributed by atoms with Gasteiger partial charge in [0.2, 0.25) is 0 Å². The van der Waals surface area contributed by atoms with Gasteiger partial charge in [0.05, 0.1) is 5.69 Å². The van der Waals surface area contributed by atoms with Crippen molar-refractivity contribution in [1.82, 2.24) is 9.97 Å². The van der Waals surface area contributed by atoms with E-state index in [1.807, 2.05) is 48.0 Å². The molecule has 4 heteroatoms. The number of aromatic nitrogens is 2. The van der Waals surface area contributed by atoms with Gasteiger partial charge in [-0.15, -0.1) is 11.3 Å². The number of anilines is 3. The average Bonchev–Trinajstić information content (AvgIpc) is 3.28. The Balaban J connectivity index is 1.52. The van der Waals surface area contributed by atoms with Crippen molar-refractivity contribution in [3.63, 3.8) is 0 Å². The number of benzene rings is 3. The van der Waals surface area contributed by atoms with Crippen LogP contribution in [0.5, 0.6) is 0 Å². The summed E-state index contributed by atoms with van der Waals surface area (Å²) in [5, 5.41) is 2.54. The Bertz CT molecular complexity index is 1570. The Morgan fingerprint density at radius 2 is 1.31 bits per heavy atom. The van der Waals surface area contributed by atoms with Crippen molar-refractivity contribution in [3.05, 3.63) is 127 Å². The summed E-state index contributed by atoms with van der Waals surface area (Å²) in [5.74, 6) is 0.898. The highest BCUT2D eigenvalue weighted by atomic mass is 32.1. The minimum atomic E-state index is -0.189. The third kappa shape index (κ3) is 3.86. The lowest BCUT2D eigenvalue weighted by Crippen LogP contribution is -2.20. The van der Waals surface area contributed by atoms with Crippen LogP contribution in [0.4, 0.5) is 17.2 Å². The van der Waals surface area contributed by atoms with Crippen molar-refractivity contribution in [2.24, 2.45) is 0 Å². The predicted octanol–water partition coefficient (Wildman–Crippen LogP) is 8.64. The summed E-state index contributed by atoms with van der Waals surface area (Å²) < 4.78 is 2.58. The summed E-state index contributed by atoms with van der Waals surface area (Å²) in [6.45, 7) is 4.49. The standard InChI is InChI=1S/C31H25N3S/c1-31(2,29-12-6-8-18-32-29)22-14-16-27-25(20-22)26-21-24(15-17-28(26)35-27)34(23-10-4-3-5-11-23)30-13-7-9-19-33-30/h3-21H,1-2H3. The maximum absolute atomic E-state index is 4.66. The number of hydrogen-bond acceptors (Lipinski definition) is 4. The lowest BCUT2D eigenvalue weighted by Gasteiger charge is -2.25. The van der Waals surface area contributed by atoms with Gasteiger partial charge in [0.15, 0.2) is 0 Å². The van der Waals surface area contributed by atoms with E-state index in [2.05, 4.69) is 108 Å². The van der Waals surface area contributed by atoms with Crippen LogP contribution in [0.1, 0.15) is 25.1 Å². The molecule has 3 aromatic carbocycles. The second-order valence-electron chi connectivity index (χ2n) is 9.19. The molecule has 6 aromatic rings. The van der Waals surface area contributed by atoms with E-state index < -0.39 is 0 Å². The van der Waals surface area contributed by atoms with E-state index in [1.54, 1.807) is 0 Å². The number of nitrogens with zero attached hydrogens (tertiary/aromatic N) is 3. The first-order valence-electron chi connectivity index (χ1n) is 11.8. The van der Waals surface area contributed by atoms with Crippen molar-refractivity contribution < 1.29 is 0 Å². The molecule has 170 valence electrons. The highest BCUT2D eigenvalue weighted by Crippen LogP contribution is 2.41. The van der Waals surface area contributed by atoms with E-state index in [0.717, 1.165) is 22.9 Å². The minimum absolute atomic E-state index is 0.189. The summed E-state index contributed by atoms with van der Waals surface area (Å²) in [7, 11) is 0. The molecule has 3 heterocycles. The number of fused-ring (bicyclic) bond motifs is 3. The Kier molecular flexibility index (Phi) is 5.31. The third-order valence-corrected chi connectivity index (χ3v) is 7.78. The molecule has 0 atom stereocenters. The molecule has 0 saturated heterocycles. The van der Waals surface area contributed by atoms with Gasteiger partial charge < -0.3 is 0 Å². The summed E-state index contributed by atoms with van der Waals surface area (Å²) >= 11 is 1.84. The van der Waals surface area contributed by atoms with Crippen molar-refractivity contribution in [1.29, 1.82) is 0 Å². The van der Waals surface area contributed by atoms with Gasteiger partial charge in [-0.2, -0.15) is 0 Å². The molecule has 3 nitrogen and oxygen atoms in total. The fraction of sp³-hybridized carbons (Fsp3) is 0.0968. The molecule has 0 fully saturated rings. The highest BCUT2D eigenvalue weighted by molar-refractivity contribution is 7.25. The van der Waals surface area contributed by atoms with Gasteiger partial charge in [-0.3, -0.25) is 9.88 Å². The number of thiophene rings is 1. The lowest BCUT2D eigenvalue weighted by atomic mass is 9.80. The van der Waals surface area contributed by atoms with E-state index in [1.165, 1.54) is 25.7 Å². The molecule has 0 amide bonds. The van der Waals surface area contributed by atoms with Crippen LogP contribution in [0.2, 0.25) is 0 Å². The van der Waals surface area contributed by atoms with Crippen LogP contribution in [0.3, 0.4) is 0 Å². The first-order chi connectivity index (χ1) is 17.1. The molecule has 0 bridgehead atoms. The Labute approximate surface area is 209 Å². The van der Waals surface area contributed by atoms with Crippen molar-refractivity contribution in [2.45, 2.75) is 19.3 Å². The molecular weight excluding hydrogens is 446 g/mol. The Morgan fingerprint density at radius 3 is 2.03 bits per heavy atom. The molecule has 0 saturated carbocycles. The van der Waals surface area contributed by atoms with Gasteiger partial charge in [-0.05, 0) is 72.3 Å². The predicted molar refractivity (Wildman–Crippen MR) is 148 cm³/mol. The molecule has 0 spiro atoms. The summed E-state index contributed by atoms with van der Waals surface area (Å²) in [6, 6.07) is 36.2. The lowest BCUT2D eigenvalue weighted by molar-refractivity contribution is 0.618. The molecule has 0 aliphatic heterocycles. The van der Waals surface area contributed by atoms with Crippen LogP contribution < -0.4 is 4.90 Å². The van der Waals surface area contributed by atoms with Gasteiger partial charge in [0.25, 0.3) is 0 Å². The zero-order valence-corrected chi connectivity index (χ0v) is 20.5. The van der Waals surface area contributed by atoms with E-state index >= 15 is 0 Å². The zero-order valence-electron chi connectivity index (χ0n) is 19.7. The largest absolute Gasteiger partial charge is 0.295 e. The molecule has 0 N–H and O–H groups in total. The third-order valence-electron chi connectivity index (χ3n) is 6.63. The first-order valence-corrected chi connectivity index (χ1v) is 12.6. The van der Waals surface area contributed by atoms with Crippen LogP contribution in [0.25, 0.3) is 20.2 Å². The maximum Gasteiger partial charge on any atom is 0.137 e. The zero-order chi connectivity index (χ0) is 23.8. The Morgan fingerprint density at radius 1 is 0.629 bits per heavy atom. The molecule has 0 radical (unpaired) electrons. The summed E-state index contributed by atoms with van der Waals surface area (Å²) in [4.78, 5) is 11.5. The molecule has 6 rings (SSSR count). The van der Waals surface area contributed by atoms with Crippen molar-refractivity contribution >= 4 is 48.7 Å². The first kappa shape index (κ1) is 21.5. The van der Waals surface area contributed by atoms with Crippen LogP contribution in [-0.2, 0) is 5.41 Å². The second kappa shape index (κ2) is 8.64. The SMILES string of the molecule is CC(C)(c1ccc2sc3ccc(N(c4ccccc4)c4ccccn4)cc3c2c1)c1ccccn1. The monoisotopic (exact) mass is 471 g/mol. The van der Waals surface area contributed by atoms with Crippen molar-refractivity contribution in [2.75, 3.05) is 4.90 Å². The van der Waals surface area contributed by atoms with Gasteiger partial charge in [-0.1, -0.05) is 50.2 Å². The van der Waals surface area contributed by atoms with Crippen LogP contribution in [0, 0.1) is 0 Å². The number of para-hydroxylation sites is 1. The van der Waals surface area contributed by atoms with Gasteiger partial charge >= 0.3 is 0 Å². The van der Waals surface area contributed by atoms with Gasteiger partial charge in [0.1, 0.15) is 5.82 Å². The summed E-state index contributed by atoms with van der Waals surface area (Å²) in [6.07, 6.45) is 3.72. The average molecular weight is 472 g/mol. The van der Waals surface area contributed by atoms with E-state index in [-0.39, 0.29) is 5.41 Å². The quantitative estimate of drug-likeness (QED) is 0.252. The molecule has 0 aliphatic rings. The van der Waals surface area contributed by atoms with Gasteiger partial charge in [-0.25, -0.2) is 4.98 Å². The Hall–Kier alpha value is -4.02. The number of hydrogen-bond donors (Lipinski definition) is 0. The van der Waals surface area contributed by atoms with E-state index in [4.69, 9.17) is 0 Å². The fourth-order valence-electron chi connectivity index (χ4n) is 4.65. The topological polar surface area (TPSA) is 29.0 Å².